The molecule has 126 heavy (non-hydrogen) atoms. The van der Waals surface area contributed by atoms with Crippen LogP contribution < -0.4 is 23.7 Å². The van der Waals surface area contributed by atoms with Gasteiger partial charge in [-0.05, 0) is 97.3 Å². The fraction of sp³-hybridized carbons (Fsp3) is 0.0319. The lowest BCUT2D eigenvalue weighted by atomic mass is 10.0. The van der Waals surface area contributed by atoms with E-state index in [1.165, 1.54) is 67.8 Å². The molecule has 21 aromatic rings. The summed E-state index contributed by atoms with van der Waals surface area (Å²) in [7, 11) is 0. The maximum absolute atomic E-state index is 10.6. The molecule has 2 N–H and O–H groups in total. The summed E-state index contributed by atoms with van der Waals surface area (Å²) in [5.74, 6) is 1.50. The highest BCUT2D eigenvalue weighted by Crippen LogP contribution is 2.40. The number of aromatic hydroxyl groups is 1. The van der Waals surface area contributed by atoms with Crippen LogP contribution in [0.25, 0.3) is 148 Å². The van der Waals surface area contributed by atoms with Crippen molar-refractivity contribution in [1.82, 2.24) is 73.8 Å². The molecule has 0 aliphatic rings. The number of benzene rings is 11. The Bertz CT molecular complexity index is 7110. The van der Waals surface area contributed by atoms with Gasteiger partial charge in [-0.25, -0.2) is 23.4 Å². The van der Waals surface area contributed by atoms with Crippen LogP contribution in [0.15, 0.2) is 300 Å². The smallest absolute Gasteiger partial charge is 0.299 e. The summed E-state index contributed by atoms with van der Waals surface area (Å²) in [6.45, 7) is 5.92. The fourth-order valence-corrected chi connectivity index (χ4v) is 17.4. The molecular weight excluding hydrogens is 1690 g/mol. The number of hydrogen-bond donors (Lipinski definition) is 2. The van der Waals surface area contributed by atoms with E-state index in [4.69, 9.17) is 44.1 Å². The van der Waals surface area contributed by atoms with E-state index >= 15 is 0 Å². The number of aromatic nitrogens is 15. The van der Waals surface area contributed by atoms with Crippen molar-refractivity contribution in [2.75, 3.05) is 0 Å². The van der Waals surface area contributed by atoms with Crippen molar-refractivity contribution < 1.29 is 57.9 Å². The zero-order chi connectivity index (χ0) is 86.4. The summed E-state index contributed by atoms with van der Waals surface area (Å²) in [6, 6.07) is 89.4. The highest BCUT2D eigenvalue weighted by Gasteiger charge is 2.23. The molecule has 0 unspecified atom stereocenters. The van der Waals surface area contributed by atoms with E-state index in [1.807, 2.05) is 182 Å². The van der Waals surface area contributed by atoms with E-state index in [1.54, 1.807) is 68.5 Å². The second kappa shape index (κ2) is 38.0. The van der Waals surface area contributed by atoms with E-state index in [9.17, 15) is 34.2 Å². The number of fused-ring (bicyclic) bond motifs is 5. The third-order valence-electron chi connectivity index (χ3n) is 19.4. The minimum Gasteiger partial charge on any atom is -0.508 e. The monoisotopic (exact) mass is 1760 g/mol. The number of thiazole rings is 5. The summed E-state index contributed by atoms with van der Waals surface area (Å²) < 4.78 is 32.8. The Hall–Kier alpha value is -16.0. The van der Waals surface area contributed by atoms with E-state index in [0.29, 0.717) is 58.0 Å². The molecule has 0 radical (unpaired) electrons. The first-order valence-electron chi connectivity index (χ1n) is 38.4. The number of nitrogens with zero attached hydrogens (tertiary/aromatic N) is 15. The maximum atomic E-state index is 10.6. The predicted octanol–water partition coefficient (Wildman–Crippen LogP) is 19.9. The summed E-state index contributed by atoms with van der Waals surface area (Å²) in [5.41, 5.74) is 19.3. The van der Waals surface area contributed by atoms with Crippen LogP contribution in [0.4, 0.5) is 0 Å². The quantitative estimate of drug-likeness (QED) is 0.0595. The van der Waals surface area contributed by atoms with Gasteiger partial charge in [0.25, 0.3) is 32.4 Å². The summed E-state index contributed by atoms with van der Waals surface area (Å²) >= 11 is 6.78. The lowest BCUT2D eigenvalue weighted by Gasteiger charge is -2.04. The number of carbonyl (C=O) groups is 5. The molecule has 0 spiro atoms. The van der Waals surface area contributed by atoms with Crippen LogP contribution in [0.1, 0.15) is 16.7 Å². The molecule has 0 bridgehead atoms. The number of phenolic OH excluding ortho intramolecular Hbond substituents is 1. The van der Waals surface area contributed by atoms with Crippen LogP contribution in [0.2, 0.25) is 0 Å². The van der Waals surface area contributed by atoms with Gasteiger partial charge in [0.15, 0.2) is 0 Å². The number of aliphatic hydroxyl groups excluding tert-OH is 1. The van der Waals surface area contributed by atoms with Crippen molar-refractivity contribution in [2.24, 2.45) is 0 Å². The lowest BCUT2D eigenvalue weighted by molar-refractivity contribution is -0.121. The number of aliphatic hydroxyl groups is 1. The first kappa shape index (κ1) is 82.3. The Labute approximate surface area is 735 Å². The SMILES string of the molecule is Cc1cccc(-c2nn(-c3nc(OC=O)cs3)c3ccccc23)c1.Cc1cccc(-c2nn(-c3nc(OC=O)cs3)c3ccccc23)c1.O=COc1csc(-n2nc(-c3cccc(-c4ccccc4)c3)c3ccccc32)n1.O=COc1csc(-n2nc(-c3cccc(CO)c3)c3ccccc32)n1.O=COc1csc(-n2nc(-c3cccc(O)c3)c3ccccc32)n1. The number of hydrogen-bond acceptors (Lipinski definition) is 27. The zero-order valence-electron chi connectivity index (χ0n) is 66.2. The molecule has 0 atom stereocenters. The molecule has 11 aromatic carbocycles. The molecule has 32 heteroatoms. The highest BCUT2D eigenvalue weighted by molar-refractivity contribution is 7.13. The minimum atomic E-state index is -0.0225. The van der Waals surface area contributed by atoms with Crippen LogP contribution in [0, 0.1) is 13.8 Å². The second-order valence-electron chi connectivity index (χ2n) is 27.4. The number of phenols is 1. The minimum absolute atomic E-state index is 0.0225. The van der Waals surface area contributed by atoms with Gasteiger partial charge in [0.1, 0.15) is 34.2 Å². The third kappa shape index (κ3) is 17.9. The molecule has 0 saturated heterocycles. The second-order valence-corrected chi connectivity index (χ2v) is 31.6. The van der Waals surface area contributed by atoms with E-state index < -0.39 is 0 Å². The normalized spacial score (nSPS) is 10.9. The molecule has 27 nitrogen and oxygen atoms in total. The average molecular weight is 1760 g/mol. The predicted molar refractivity (Wildman–Crippen MR) is 487 cm³/mol. The molecule has 0 aliphatic heterocycles. The first-order chi connectivity index (χ1) is 61.9. The number of aryl methyl sites for hydroxylation is 2. The van der Waals surface area contributed by atoms with Crippen LogP contribution in [-0.2, 0) is 30.6 Å². The van der Waals surface area contributed by atoms with E-state index in [-0.39, 0.29) is 41.8 Å². The lowest BCUT2D eigenvalue weighted by Crippen LogP contribution is -1.96. The number of carbonyl (C=O) groups excluding carboxylic acids is 5. The van der Waals surface area contributed by atoms with Gasteiger partial charge in [-0.1, -0.05) is 274 Å². The Kier molecular flexibility index (Phi) is 24.8. The Morgan fingerprint density at radius 1 is 0.278 bits per heavy atom. The molecule has 21 rings (SSSR count). The van der Waals surface area contributed by atoms with E-state index in [2.05, 4.69) is 117 Å². The van der Waals surface area contributed by atoms with Gasteiger partial charge in [-0.3, -0.25) is 24.0 Å². The first-order valence-corrected chi connectivity index (χ1v) is 42.8. The molecule has 0 fully saturated rings. The third-order valence-corrected chi connectivity index (χ3v) is 23.3. The van der Waals surface area contributed by atoms with Gasteiger partial charge in [-0.2, -0.15) is 50.4 Å². The maximum Gasteiger partial charge on any atom is 0.299 e. The average Bonchev–Trinajstić information content (AvgIpc) is 1.64. The van der Waals surface area contributed by atoms with Crippen LogP contribution in [0.5, 0.6) is 35.1 Å². The van der Waals surface area contributed by atoms with Crippen LogP contribution in [0.3, 0.4) is 0 Å². The van der Waals surface area contributed by atoms with Crippen LogP contribution >= 0.6 is 56.7 Å². The Morgan fingerprint density at radius 3 is 0.833 bits per heavy atom. The number of ether oxygens (including phenoxy) is 5. The number of rotatable bonds is 22. The highest BCUT2D eigenvalue weighted by atomic mass is 32.1. The van der Waals surface area contributed by atoms with Crippen LogP contribution in [-0.4, -0.2) is 116 Å². The van der Waals surface area contributed by atoms with Gasteiger partial charge in [0, 0.05) is 54.7 Å². The van der Waals surface area contributed by atoms with Crippen molar-refractivity contribution in [2.45, 2.75) is 20.5 Å². The fourth-order valence-electron chi connectivity index (χ4n) is 13.9. The summed E-state index contributed by atoms with van der Waals surface area (Å²) in [6.07, 6.45) is 0. The largest absolute Gasteiger partial charge is 0.508 e. The molecule has 0 saturated carbocycles. The molecular formula is C94H65N15O12S5. The zero-order valence-corrected chi connectivity index (χ0v) is 70.3. The van der Waals surface area contributed by atoms with Gasteiger partial charge < -0.3 is 33.9 Å². The van der Waals surface area contributed by atoms with Crippen molar-refractivity contribution in [3.8, 4) is 128 Å². The molecule has 10 heterocycles. The summed E-state index contributed by atoms with van der Waals surface area (Å²) in [5, 5.41) is 59.5. The van der Waals surface area contributed by atoms with Crippen molar-refractivity contribution in [3.63, 3.8) is 0 Å². The Balaban J connectivity index is 0.000000111. The standard InChI is InChI=1S/C23H15N3O2S.C18H13N3O3S.2C18H13N3O2S.C17H11N3O3S/c27-15-28-21-14-29-23(24-21)26-20-12-5-4-11-19(20)22(25-26)18-10-6-9-17(13-18)16-7-2-1-3-8-16;22-9-12-4-3-5-13(8-12)17-14-6-1-2-7-15(14)21(20-17)18-19-16(10-25-18)24-11-23;2*1-12-5-4-6-13(9-12)17-14-7-2-3-8-15(14)21(20-17)18-19-16(10-24-18)23-11-22;21-10-23-15-9-24-17(18-15)20-14-7-2-1-6-13(14)16(19-20)11-4-3-5-12(22)8-11/h1-15H;1-8,10-11,22H,9H2;2*2-11H,1H3;1-10,22H. The molecule has 10 aromatic heterocycles. The molecule has 0 amide bonds. The molecule has 618 valence electrons. The van der Waals surface area contributed by atoms with Crippen molar-refractivity contribution in [3.05, 3.63) is 317 Å². The van der Waals surface area contributed by atoms with Gasteiger partial charge in [0.2, 0.25) is 55.1 Å². The summed E-state index contributed by atoms with van der Waals surface area (Å²) in [4.78, 5) is 74.0. The van der Waals surface area contributed by atoms with Gasteiger partial charge in [-0.15, -0.1) is 0 Å². The van der Waals surface area contributed by atoms with Gasteiger partial charge >= 0.3 is 0 Å². The molecule has 0 aliphatic carbocycles. The van der Waals surface area contributed by atoms with Crippen molar-refractivity contribution >= 4 is 144 Å². The van der Waals surface area contributed by atoms with Gasteiger partial charge in [0.05, 0.1) is 61.1 Å². The number of para-hydroxylation sites is 5. The van der Waals surface area contributed by atoms with E-state index in [0.717, 1.165) is 127 Å². The van der Waals surface area contributed by atoms with Crippen molar-refractivity contribution in [1.29, 1.82) is 0 Å². The Morgan fingerprint density at radius 2 is 0.532 bits per heavy atom. The topological polar surface area (TPSA) is 326 Å².